The van der Waals surface area contributed by atoms with Crippen molar-refractivity contribution < 1.29 is 0 Å². The zero-order valence-corrected chi connectivity index (χ0v) is 29.1. The lowest BCUT2D eigenvalue weighted by Gasteiger charge is -2.23. The van der Waals surface area contributed by atoms with Gasteiger partial charge in [-0.3, -0.25) is 0 Å². The van der Waals surface area contributed by atoms with E-state index in [1.165, 1.54) is 49.6 Å². The van der Waals surface area contributed by atoms with Crippen molar-refractivity contribution in [2.45, 2.75) is 19.3 Å². The summed E-state index contributed by atoms with van der Waals surface area (Å²) in [5.41, 5.74) is 16.1. The molecule has 9 aromatic rings. The van der Waals surface area contributed by atoms with Gasteiger partial charge in [-0.05, 0) is 64.2 Å². The second kappa shape index (κ2) is 11.8. The van der Waals surface area contributed by atoms with Gasteiger partial charge in [0.15, 0.2) is 5.82 Å². The molecule has 52 heavy (non-hydrogen) atoms. The standard InChI is InChI=1S/C49H35N3/c1-49(2)40-27-14-12-25-37(40)45-41(49)30-39(47-46(45)38-26-13-15-28-44(38)52(47)36-23-10-5-11-24-36)34-21-16-22-35(29-34)43-31-42(32-17-6-3-7-18-32)50-48(51-43)33-19-8-4-9-20-33/h3-31H,1-2H3. The lowest BCUT2D eigenvalue weighted by atomic mass is 9.81. The summed E-state index contributed by atoms with van der Waals surface area (Å²) in [6.07, 6.45) is 0. The van der Waals surface area contributed by atoms with Crippen LogP contribution in [0.4, 0.5) is 0 Å². The van der Waals surface area contributed by atoms with Gasteiger partial charge in [-0.15, -0.1) is 0 Å². The fourth-order valence-electron chi connectivity index (χ4n) is 8.31. The van der Waals surface area contributed by atoms with E-state index < -0.39 is 0 Å². The fraction of sp³-hybridized carbons (Fsp3) is 0.0612. The molecule has 0 unspecified atom stereocenters. The topological polar surface area (TPSA) is 30.7 Å². The average Bonchev–Trinajstić information content (AvgIpc) is 3.67. The molecule has 246 valence electrons. The Balaban J connectivity index is 1.27. The van der Waals surface area contributed by atoms with E-state index in [1.54, 1.807) is 0 Å². The van der Waals surface area contributed by atoms with Crippen LogP contribution in [0.1, 0.15) is 25.0 Å². The Hall–Kier alpha value is -6.58. The quantitative estimate of drug-likeness (QED) is 0.183. The van der Waals surface area contributed by atoms with Gasteiger partial charge < -0.3 is 4.57 Å². The van der Waals surface area contributed by atoms with Crippen molar-refractivity contribution >= 4 is 21.8 Å². The Kier molecular flexibility index (Phi) is 6.84. The van der Waals surface area contributed by atoms with Crippen LogP contribution in [0.15, 0.2) is 176 Å². The zero-order chi connectivity index (χ0) is 34.8. The first kappa shape index (κ1) is 30.3. The number of para-hydroxylation sites is 2. The molecule has 0 spiro atoms. The first-order valence-electron chi connectivity index (χ1n) is 17.9. The summed E-state index contributed by atoms with van der Waals surface area (Å²) in [6, 6.07) is 62.8. The van der Waals surface area contributed by atoms with E-state index in [0.29, 0.717) is 5.82 Å². The molecule has 0 aliphatic heterocycles. The minimum Gasteiger partial charge on any atom is -0.309 e. The third-order valence-electron chi connectivity index (χ3n) is 10.8. The molecule has 7 aromatic carbocycles. The first-order chi connectivity index (χ1) is 25.6. The maximum absolute atomic E-state index is 5.19. The molecule has 0 radical (unpaired) electrons. The second-order valence-corrected chi connectivity index (χ2v) is 14.2. The molecule has 1 aliphatic carbocycles. The van der Waals surface area contributed by atoms with Crippen LogP contribution < -0.4 is 0 Å². The third-order valence-corrected chi connectivity index (χ3v) is 10.8. The number of rotatable bonds is 5. The average molecular weight is 666 g/mol. The maximum Gasteiger partial charge on any atom is 0.160 e. The number of hydrogen-bond acceptors (Lipinski definition) is 2. The molecule has 0 amide bonds. The molecule has 0 saturated carbocycles. The number of nitrogens with zero attached hydrogens (tertiary/aromatic N) is 3. The highest BCUT2D eigenvalue weighted by atomic mass is 15.0. The van der Waals surface area contributed by atoms with Crippen LogP contribution in [-0.4, -0.2) is 14.5 Å². The Morgan fingerprint density at radius 2 is 1.06 bits per heavy atom. The molecular formula is C49H35N3. The van der Waals surface area contributed by atoms with E-state index in [1.807, 2.05) is 24.3 Å². The zero-order valence-electron chi connectivity index (χ0n) is 29.1. The highest BCUT2D eigenvalue weighted by Gasteiger charge is 2.38. The van der Waals surface area contributed by atoms with E-state index >= 15 is 0 Å². The Morgan fingerprint density at radius 1 is 0.462 bits per heavy atom. The van der Waals surface area contributed by atoms with Gasteiger partial charge in [0.1, 0.15) is 0 Å². The van der Waals surface area contributed by atoms with Crippen molar-refractivity contribution in [1.82, 2.24) is 14.5 Å². The maximum atomic E-state index is 5.19. The summed E-state index contributed by atoms with van der Waals surface area (Å²) >= 11 is 0. The largest absolute Gasteiger partial charge is 0.309 e. The van der Waals surface area contributed by atoms with Gasteiger partial charge in [-0.1, -0.05) is 153 Å². The third kappa shape index (κ3) is 4.66. The summed E-state index contributed by atoms with van der Waals surface area (Å²) in [5, 5.41) is 2.56. The molecule has 0 atom stereocenters. The predicted octanol–water partition coefficient (Wildman–Crippen LogP) is 12.5. The minimum absolute atomic E-state index is 0.162. The van der Waals surface area contributed by atoms with Gasteiger partial charge in [0.25, 0.3) is 0 Å². The smallest absolute Gasteiger partial charge is 0.160 e. The van der Waals surface area contributed by atoms with Crippen LogP contribution in [-0.2, 0) is 5.41 Å². The normalized spacial score (nSPS) is 13.0. The van der Waals surface area contributed by atoms with Crippen LogP contribution in [0.2, 0.25) is 0 Å². The molecule has 1 aliphatic rings. The minimum atomic E-state index is -0.162. The molecular weight excluding hydrogens is 631 g/mol. The summed E-state index contributed by atoms with van der Waals surface area (Å²) in [6.45, 7) is 4.74. The molecule has 2 heterocycles. The van der Waals surface area contributed by atoms with Crippen LogP contribution >= 0.6 is 0 Å². The second-order valence-electron chi connectivity index (χ2n) is 14.2. The number of benzene rings is 7. The molecule has 0 N–H and O–H groups in total. The van der Waals surface area contributed by atoms with Crippen molar-refractivity contribution in [1.29, 1.82) is 0 Å². The van der Waals surface area contributed by atoms with Crippen molar-refractivity contribution in [3.8, 4) is 61.8 Å². The monoisotopic (exact) mass is 665 g/mol. The summed E-state index contributed by atoms with van der Waals surface area (Å²) in [4.78, 5) is 10.2. The molecule has 10 rings (SSSR count). The van der Waals surface area contributed by atoms with E-state index in [0.717, 1.165) is 39.3 Å². The summed E-state index contributed by atoms with van der Waals surface area (Å²) in [5.74, 6) is 0.714. The summed E-state index contributed by atoms with van der Waals surface area (Å²) < 4.78 is 2.46. The van der Waals surface area contributed by atoms with E-state index in [2.05, 4.69) is 170 Å². The molecule has 3 nitrogen and oxygen atoms in total. The van der Waals surface area contributed by atoms with Gasteiger partial charge in [-0.2, -0.15) is 0 Å². The van der Waals surface area contributed by atoms with Crippen LogP contribution in [0.5, 0.6) is 0 Å². The van der Waals surface area contributed by atoms with Gasteiger partial charge >= 0.3 is 0 Å². The number of hydrogen-bond donors (Lipinski definition) is 0. The Bertz CT molecular complexity index is 2740. The van der Waals surface area contributed by atoms with Crippen molar-refractivity contribution in [3.05, 3.63) is 187 Å². The van der Waals surface area contributed by atoms with Crippen LogP contribution in [0, 0.1) is 0 Å². The fourth-order valence-corrected chi connectivity index (χ4v) is 8.31. The SMILES string of the molecule is CC1(C)c2ccccc2-c2c1cc(-c1cccc(-c3cc(-c4ccccc4)nc(-c4ccccc4)n3)c1)c1c2c2ccccc2n1-c1ccccc1. The highest BCUT2D eigenvalue weighted by Crippen LogP contribution is 2.55. The van der Waals surface area contributed by atoms with Crippen LogP contribution in [0.3, 0.4) is 0 Å². The van der Waals surface area contributed by atoms with E-state index in [-0.39, 0.29) is 5.41 Å². The van der Waals surface area contributed by atoms with Crippen molar-refractivity contribution in [2.24, 2.45) is 0 Å². The first-order valence-corrected chi connectivity index (χ1v) is 17.9. The lowest BCUT2D eigenvalue weighted by molar-refractivity contribution is 0.661. The van der Waals surface area contributed by atoms with Crippen molar-refractivity contribution in [3.63, 3.8) is 0 Å². The highest BCUT2D eigenvalue weighted by molar-refractivity contribution is 6.21. The van der Waals surface area contributed by atoms with Gasteiger partial charge in [-0.25, -0.2) is 9.97 Å². The van der Waals surface area contributed by atoms with Crippen LogP contribution in [0.25, 0.3) is 83.6 Å². The molecule has 0 bridgehead atoms. The van der Waals surface area contributed by atoms with Gasteiger partial charge in [0, 0.05) is 44.1 Å². The molecule has 0 saturated heterocycles. The molecule has 3 heteroatoms. The Morgan fingerprint density at radius 3 is 1.83 bits per heavy atom. The molecule has 0 fully saturated rings. The van der Waals surface area contributed by atoms with Gasteiger partial charge in [0.05, 0.1) is 22.4 Å². The number of aromatic nitrogens is 3. The van der Waals surface area contributed by atoms with Gasteiger partial charge in [0.2, 0.25) is 0 Å². The lowest BCUT2D eigenvalue weighted by Crippen LogP contribution is -2.15. The predicted molar refractivity (Wildman–Crippen MR) is 216 cm³/mol. The molecule has 2 aromatic heterocycles. The van der Waals surface area contributed by atoms with E-state index in [9.17, 15) is 0 Å². The number of fused-ring (bicyclic) bond motifs is 7. The van der Waals surface area contributed by atoms with E-state index in [4.69, 9.17) is 9.97 Å². The van der Waals surface area contributed by atoms with Crippen molar-refractivity contribution in [2.75, 3.05) is 0 Å². The summed E-state index contributed by atoms with van der Waals surface area (Å²) in [7, 11) is 0. The Labute approximate surface area is 303 Å².